The summed E-state index contributed by atoms with van der Waals surface area (Å²) < 4.78 is 9.67. The van der Waals surface area contributed by atoms with Crippen molar-refractivity contribution in [2.24, 2.45) is 0 Å². The minimum absolute atomic E-state index is 0.0558. The maximum Gasteiger partial charge on any atom is 0.281 e. The topological polar surface area (TPSA) is 129 Å². The van der Waals surface area contributed by atoms with Crippen LogP contribution in [0.25, 0.3) is 11.3 Å². The Bertz CT molecular complexity index is 943. The smallest absolute Gasteiger partial charge is 0.281 e. The van der Waals surface area contributed by atoms with Crippen molar-refractivity contribution in [3.63, 3.8) is 0 Å². The number of aryl methyl sites for hydroxylation is 1. The molecule has 0 saturated heterocycles. The molecule has 1 aromatic carbocycles. The lowest BCUT2D eigenvalue weighted by molar-refractivity contribution is 0.101. The maximum absolute atomic E-state index is 12.1. The fraction of sp³-hybridized carbons (Fsp3) is 0.133. The van der Waals surface area contributed by atoms with Crippen LogP contribution in [0, 0.1) is 6.92 Å². The van der Waals surface area contributed by atoms with Crippen molar-refractivity contribution in [1.82, 2.24) is 20.3 Å². The summed E-state index contributed by atoms with van der Waals surface area (Å²) in [6.07, 6.45) is 1.36. The van der Waals surface area contributed by atoms with Crippen LogP contribution in [0.3, 0.4) is 0 Å². The van der Waals surface area contributed by atoms with Gasteiger partial charge in [0.15, 0.2) is 17.3 Å². The van der Waals surface area contributed by atoms with Crippen molar-refractivity contribution in [3.05, 3.63) is 40.8 Å². The van der Waals surface area contributed by atoms with Gasteiger partial charge in [0.1, 0.15) is 17.1 Å². The van der Waals surface area contributed by atoms with Gasteiger partial charge >= 0.3 is 0 Å². The summed E-state index contributed by atoms with van der Waals surface area (Å²) in [6, 6.07) is 5.09. The van der Waals surface area contributed by atoms with Crippen LogP contribution in [0.15, 0.2) is 29.0 Å². The van der Waals surface area contributed by atoms with Gasteiger partial charge in [-0.3, -0.25) is 4.79 Å². The number of nitrogen functional groups attached to an aromatic ring is 1. The van der Waals surface area contributed by atoms with Crippen LogP contribution in [-0.2, 0) is 0 Å². The molecule has 0 aliphatic carbocycles. The number of nitrogens with two attached hydrogens (primary N) is 1. The quantitative estimate of drug-likeness (QED) is 0.725. The zero-order valence-corrected chi connectivity index (χ0v) is 14.0. The molecular formula is C15H13ClN6O3. The number of halogens is 1. The lowest BCUT2D eigenvalue weighted by Gasteiger charge is -2.10. The lowest BCUT2D eigenvalue weighted by Crippen LogP contribution is -2.15. The molecule has 0 aliphatic heterocycles. The first-order valence-electron chi connectivity index (χ1n) is 7.06. The lowest BCUT2D eigenvalue weighted by atomic mass is 10.1. The molecule has 0 unspecified atom stereocenters. The van der Waals surface area contributed by atoms with E-state index in [0.29, 0.717) is 27.7 Å². The monoisotopic (exact) mass is 360 g/mol. The van der Waals surface area contributed by atoms with Crippen LogP contribution in [0.5, 0.6) is 5.75 Å². The van der Waals surface area contributed by atoms with Gasteiger partial charge in [0.25, 0.3) is 5.91 Å². The van der Waals surface area contributed by atoms with E-state index in [0.717, 1.165) is 0 Å². The maximum atomic E-state index is 12.1. The number of rotatable bonds is 4. The number of aromatic nitrogens is 4. The molecule has 0 spiro atoms. The Labute approximate surface area is 147 Å². The van der Waals surface area contributed by atoms with Gasteiger partial charge in [-0.15, -0.1) is 0 Å². The molecule has 1 amide bonds. The van der Waals surface area contributed by atoms with Crippen LogP contribution in [0.1, 0.15) is 16.2 Å². The van der Waals surface area contributed by atoms with Crippen LogP contribution in [0.4, 0.5) is 11.6 Å². The Hall–Kier alpha value is -3.20. The molecule has 3 rings (SSSR count). The van der Waals surface area contributed by atoms with E-state index in [1.54, 1.807) is 32.2 Å². The van der Waals surface area contributed by atoms with E-state index in [-0.39, 0.29) is 17.3 Å². The second-order valence-corrected chi connectivity index (χ2v) is 5.39. The minimum Gasteiger partial charge on any atom is -0.497 e. The number of benzene rings is 1. The molecule has 0 saturated carbocycles. The third-order valence-electron chi connectivity index (χ3n) is 3.34. The molecule has 2 aromatic heterocycles. The highest BCUT2D eigenvalue weighted by Gasteiger charge is 2.17. The van der Waals surface area contributed by atoms with E-state index >= 15 is 0 Å². The Morgan fingerprint density at radius 1 is 1.36 bits per heavy atom. The summed E-state index contributed by atoms with van der Waals surface area (Å²) in [7, 11) is 1.54. The average molecular weight is 361 g/mol. The Balaban J connectivity index is 1.89. The number of hydrogen-bond donors (Lipinski definition) is 2. The van der Waals surface area contributed by atoms with Crippen molar-refractivity contribution >= 4 is 29.1 Å². The number of hydrogen-bond acceptors (Lipinski definition) is 8. The van der Waals surface area contributed by atoms with E-state index in [1.165, 1.54) is 6.20 Å². The summed E-state index contributed by atoms with van der Waals surface area (Å²) >= 11 is 6.19. The van der Waals surface area contributed by atoms with Crippen molar-refractivity contribution in [2.75, 3.05) is 18.2 Å². The van der Waals surface area contributed by atoms with E-state index in [1.807, 2.05) is 0 Å². The minimum atomic E-state index is -0.528. The number of anilines is 2. The number of amides is 1. The van der Waals surface area contributed by atoms with E-state index in [4.69, 9.17) is 22.1 Å². The van der Waals surface area contributed by atoms with Crippen molar-refractivity contribution in [1.29, 1.82) is 0 Å². The normalized spacial score (nSPS) is 10.5. The molecule has 0 aliphatic rings. The Kier molecular flexibility index (Phi) is 4.48. The molecular weight excluding hydrogens is 348 g/mol. The van der Waals surface area contributed by atoms with Crippen molar-refractivity contribution in [3.8, 4) is 17.0 Å². The molecule has 25 heavy (non-hydrogen) atoms. The third-order valence-corrected chi connectivity index (χ3v) is 3.67. The average Bonchev–Trinajstić information content (AvgIpc) is 3.02. The summed E-state index contributed by atoms with van der Waals surface area (Å²) in [5, 5.41) is 10.0. The summed E-state index contributed by atoms with van der Waals surface area (Å²) in [5.41, 5.74) is 7.33. The zero-order valence-electron chi connectivity index (χ0n) is 13.3. The predicted molar refractivity (Wildman–Crippen MR) is 90.4 cm³/mol. The largest absolute Gasteiger partial charge is 0.497 e. The summed E-state index contributed by atoms with van der Waals surface area (Å²) in [4.78, 5) is 20.5. The number of nitrogens with one attached hydrogen (secondary N) is 1. The number of methoxy groups -OCH3 is 1. The summed E-state index contributed by atoms with van der Waals surface area (Å²) in [5.74, 6) is 0.335. The number of nitrogens with zero attached hydrogens (tertiary/aromatic N) is 4. The molecule has 0 fully saturated rings. The molecule has 3 N–H and O–H groups in total. The molecule has 9 nitrogen and oxygen atoms in total. The first kappa shape index (κ1) is 16.7. The standard InChI is InChI=1S/C15H13ClN6O3/c1-7-12(22-25-21-7)15(23)20-11-6-18-13(14(17)19-11)9-5-8(24-2)3-4-10(9)16/h3-6H,1-2H3,(H3,17,19,20,23). The highest BCUT2D eigenvalue weighted by atomic mass is 35.5. The molecule has 0 atom stereocenters. The molecule has 0 radical (unpaired) electrons. The number of carbonyl (C=O) groups is 1. The molecule has 10 heteroatoms. The van der Waals surface area contributed by atoms with E-state index in [9.17, 15) is 4.79 Å². The zero-order chi connectivity index (χ0) is 18.0. The second-order valence-electron chi connectivity index (χ2n) is 4.99. The van der Waals surface area contributed by atoms with Crippen LogP contribution < -0.4 is 15.8 Å². The molecule has 128 valence electrons. The summed E-state index contributed by atoms with van der Waals surface area (Å²) in [6.45, 7) is 1.60. The Morgan fingerprint density at radius 3 is 2.80 bits per heavy atom. The van der Waals surface area contributed by atoms with Crippen molar-refractivity contribution in [2.45, 2.75) is 6.92 Å². The van der Waals surface area contributed by atoms with Crippen LogP contribution in [-0.4, -0.2) is 33.3 Å². The van der Waals surface area contributed by atoms with Gasteiger partial charge in [-0.2, -0.15) is 0 Å². The van der Waals surface area contributed by atoms with Gasteiger partial charge in [-0.05, 0) is 30.3 Å². The highest BCUT2D eigenvalue weighted by Crippen LogP contribution is 2.33. The SMILES string of the molecule is COc1ccc(Cl)c(-c2ncc(NC(=O)c3nonc3C)nc2N)c1. The predicted octanol–water partition coefficient (Wildman–Crippen LogP) is 2.33. The van der Waals surface area contributed by atoms with Gasteiger partial charge in [-0.1, -0.05) is 16.8 Å². The molecule has 0 bridgehead atoms. The fourth-order valence-corrected chi connectivity index (χ4v) is 2.30. The van der Waals surface area contributed by atoms with Gasteiger partial charge in [0.05, 0.1) is 18.3 Å². The first-order valence-corrected chi connectivity index (χ1v) is 7.44. The third kappa shape index (κ3) is 3.36. The first-order chi connectivity index (χ1) is 12.0. The van der Waals surface area contributed by atoms with E-state index in [2.05, 4.69) is 30.2 Å². The fourth-order valence-electron chi connectivity index (χ4n) is 2.10. The van der Waals surface area contributed by atoms with Gasteiger partial charge in [0, 0.05) is 5.56 Å². The number of ether oxygens (including phenoxy) is 1. The van der Waals surface area contributed by atoms with Crippen LogP contribution in [0.2, 0.25) is 5.02 Å². The Morgan fingerprint density at radius 2 is 2.16 bits per heavy atom. The van der Waals surface area contributed by atoms with Gasteiger partial charge in [0.2, 0.25) is 0 Å². The van der Waals surface area contributed by atoms with Gasteiger partial charge in [-0.25, -0.2) is 14.6 Å². The van der Waals surface area contributed by atoms with Crippen LogP contribution >= 0.6 is 11.6 Å². The van der Waals surface area contributed by atoms with Gasteiger partial charge < -0.3 is 15.8 Å². The second kappa shape index (κ2) is 6.73. The highest BCUT2D eigenvalue weighted by molar-refractivity contribution is 6.33. The molecule has 3 aromatic rings. The van der Waals surface area contributed by atoms with Crippen molar-refractivity contribution < 1.29 is 14.2 Å². The molecule has 2 heterocycles. The van der Waals surface area contributed by atoms with E-state index < -0.39 is 5.91 Å². The number of carbonyl (C=O) groups excluding carboxylic acids is 1.